The van der Waals surface area contributed by atoms with Crippen LogP contribution in [0.3, 0.4) is 0 Å². The molecule has 146 valence electrons. The molecule has 1 unspecified atom stereocenters. The Morgan fingerprint density at radius 3 is 2.31 bits per heavy atom. The molecule has 0 aliphatic rings. The monoisotopic (exact) mass is 362 g/mol. The summed E-state index contributed by atoms with van der Waals surface area (Å²) in [6, 6.07) is 7.15. The Kier molecular flexibility index (Phi) is 10.4. The molecule has 0 spiro atoms. The van der Waals surface area contributed by atoms with Gasteiger partial charge >= 0.3 is 0 Å². The number of nitrogens with one attached hydrogen (secondary N) is 2. The normalized spacial score (nSPS) is 11.9. The van der Waals surface area contributed by atoms with E-state index in [-0.39, 0.29) is 17.9 Å². The molecule has 0 saturated carbocycles. The number of amides is 2. The van der Waals surface area contributed by atoms with Crippen molar-refractivity contribution in [2.45, 2.75) is 78.4 Å². The van der Waals surface area contributed by atoms with E-state index < -0.39 is 6.04 Å². The molecule has 1 aromatic carbocycles. The van der Waals surface area contributed by atoms with Crippen molar-refractivity contribution < 1.29 is 14.3 Å². The minimum atomic E-state index is -0.549. The fourth-order valence-electron chi connectivity index (χ4n) is 2.62. The SMILES string of the molecule is CCCCCNC(=O)C(Cc1ccc(OC(C)C)cc1)NC(=O)CCC. The van der Waals surface area contributed by atoms with E-state index in [2.05, 4.69) is 17.6 Å². The summed E-state index contributed by atoms with van der Waals surface area (Å²) in [4.78, 5) is 24.5. The standard InChI is InChI=1S/C21H34N2O3/c1-5-7-8-14-22-21(25)19(23-20(24)9-6-2)15-17-10-12-18(13-11-17)26-16(3)4/h10-13,16,19H,5-9,14-15H2,1-4H3,(H,22,25)(H,23,24). The van der Waals surface area contributed by atoms with Crippen LogP contribution in [0.2, 0.25) is 0 Å². The molecule has 0 fully saturated rings. The maximum Gasteiger partial charge on any atom is 0.242 e. The predicted octanol–water partition coefficient (Wildman–Crippen LogP) is 3.61. The summed E-state index contributed by atoms with van der Waals surface area (Å²) >= 11 is 0. The van der Waals surface area contributed by atoms with Gasteiger partial charge in [0.25, 0.3) is 0 Å². The smallest absolute Gasteiger partial charge is 0.242 e. The highest BCUT2D eigenvalue weighted by Gasteiger charge is 2.20. The topological polar surface area (TPSA) is 67.4 Å². The van der Waals surface area contributed by atoms with Crippen LogP contribution in [0.25, 0.3) is 0 Å². The van der Waals surface area contributed by atoms with Gasteiger partial charge in [0.05, 0.1) is 6.10 Å². The van der Waals surface area contributed by atoms with Gasteiger partial charge in [0, 0.05) is 19.4 Å². The number of hydrogen-bond donors (Lipinski definition) is 2. The third kappa shape index (κ3) is 8.88. The van der Waals surface area contributed by atoms with Crippen molar-refractivity contribution in [2.75, 3.05) is 6.54 Å². The van der Waals surface area contributed by atoms with E-state index in [1.54, 1.807) is 0 Å². The van der Waals surface area contributed by atoms with Crippen LogP contribution >= 0.6 is 0 Å². The third-order valence-electron chi connectivity index (χ3n) is 3.94. The molecule has 1 rings (SSSR count). The summed E-state index contributed by atoms with van der Waals surface area (Å²) in [5.74, 6) is 0.605. The molecule has 0 radical (unpaired) electrons. The molecular weight excluding hydrogens is 328 g/mol. The second kappa shape index (κ2) is 12.3. The van der Waals surface area contributed by atoms with Gasteiger partial charge in [-0.25, -0.2) is 0 Å². The summed E-state index contributed by atoms with van der Waals surface area (Å²) in [6.07, 6.45) is 4.94. The highest BCUT2D eigenvalue weighted by Crippen LogP contribution is 2.15. The first kappa shape index (κ1) is 22.0. The van der Waals surface area contributed by atoms with Crippen LogP contribution in [0.1, 0.15) is 65.4 Å². The maximum atomic E-state index is 12.5. The first-order valence-electron chi connectivity index (χ1n) is 9.78. The lowest BCUT2D eigenvalue weighted by molar-refractivity contribution is -0.129. The first-order chi connectivity index (χ1) is 12.5. The number of carbonyl (C=O) groups excluding carboxylic acids is 2. The summed E-state index contributed by atoms with van der Waals surface area (Å²) in [5.41, 5.74) is 0.992. The second-order valence-corrected chi connectivity index (χ2v) is 6.88. The van der Waals surface area contributed by atoms with Crippen LogP contribution in [0.5, 0.6) is 5.75 Å². The van der Waals surface area contributed by atoms with Crippen molar-refractivity contribution in [3.05, 3.63) is 29.8 Å². The van der Waals surface area contributed by atoms with Crippen LogP contribution in [-0.4, -0.2) is 30.5 Å². The number of ether oxygens (including phenoxy) is 1. The van der Waals surface area contributed by atoms with Crippen LogP contribution in [-0.2, 0) is 16.0 Å². The van der Waals surface area contributed by atoms with E-state index in [0.717, 1.165) is 37.0 Å². The van der Waals surface area contributed by atoms with Crippen LogP contribution in [0, 0.1) is 0 Å². The van der Waals surface area contributed by atoms with Gasteiger partial charge in [0.2, 0.25) is 11.8 Å². The summed E-state index contributed by atoms with van der Waals surface area (Å²) < 4.78 is 5.65. The molecule has 5 nitrogen and oxygen atoms in total. The molecule has 0 aliphatic carbocycles. The van der Waals surface area contributed by atoms with Crippen LogP contribution < -0.4 is 15.4 Å². The Hall–Kier alpha value is -2.04. The highest BCUT2D eigenvalue weighted by atomic mass is 16.5. The zero-order chi connectivity index (χ0) is 19.4. The Labute approximate surface area is 157 Å². The van der Waals surface area contributed by atoms with Crippen LogP contribution in [0.4, 0.5) is 0 Å². The van der Waals surface area contributed by atoms with Crippen molar-refractivity contribution in [2.24, 2.45) is 0 Å². The largest absolute Gasteiger partial charge is 0.491 e. The Balaban J connectivity index is 2.70. The van der Waals surface area contributed by atoms with Crippen molar-refractivity contribution in [3.8, 4) is 5.75 Å². The minimum Gasteiger partial charge on any atom is -0.491 e. The Morgan fingerprint density at radius 1 is 1.04 bits per heavy atom. The predicted molar refractivity (Wildman–Crippen MR) is 105 cm³/mol. The quantitative estimate of drug-likeness (QED) is 0.558. The fraction of sp³-hybridized carbons (Fsp3) is 0.619. The first-order valence-corrected chi connectivity index (χ1v) is 9.78. The second-order valence-electron chi connectivity index (χ2n) is 6.88. The molecule has 0 aromatic heterocycles. The molecule has 1 aromatic rings. The number of benzene rings is 1. The van der Waals surface area contributed by atoms with Crippen molar-refractivity contribution in [1.82, 2.24) is 10.6 Å². The van der Waals surface area contributed by atoms with Gasteiger partial charge in [-0.3, -0.25) is 9.59 Å². The molecular formula is C21H34N2O3. The molecule has 5 heteroatoms. The van der Waals surface area contributed by atoms with Gasteiger partial charge in [0.1, 0.15) is 11.8 Å². The van der Waals surface area contributed by atoms with Crippen molar-refractivity contribution >= 4 is 11.8 Å². The van der Waals surface area contributed by atoms with Gasteiger partial charge in [-0.1, -0.05) is 38.8 Å². The van der Waals surface area contributed by atoms with Crippen molar-refractivity contribution in [3.63, 3.8) is 0 Å². The van der Waals surface area contributed by atoms with Crippen LogP contribution in [0.15, 0.2) is 24.3 Å². The summed E-state index contributed by atoms with van der Waals surface area (Å²) in [5, 5.41) is 5.82. The lowest BCUT2D eigenvalue weighted by Crippen LogP contribution is -2.48. The average molecular weight is 363 g/mol. The summed E-state index contributed by atoms with van der Waals surface area (Å²) in [6.45, 7) is 8.69. The van der Waals surface area contributed by atoms with E-state index in [4.69, 9.17) is 4.74 Å². The van der Waals surface area contributed by atoms with Gasteiger partial charge in [0.15, 0.2) is 0 Å². The van der Waals surface area contributed by atoms with Gasteiger partial charge < -0.3 is 15.4 Å². The average Bonchev–Trinajstić information content (AvgIpc) is 2.59. The fourth-order valence-corrected chi connectivity index (χ4v) is 2.62. The number of unbranched alkanes of at least 4 members (excludes halogenated alkanes) is 2. The maximum absolute atomic E-state index is 12.5. The van der Waals surface area contributed by atoms with E-state index in [1.165, 1.54) is 0 Å². The zero-order valence-electron chi connectivity index (χ0n) is 16.6. The van der Waals surface area contributed by atoms with Gasteiger partial charge in [-0.05, 0) is 44.4 Å². The summed E-state index contributed by atoms with van der Waals surface area (Å²) in [7, 11) is 0. The van der Waals surface area contributed by atoms with E-state index in [1.807, 2.05) is 45.0 Å². The molecule has 0 saturated heterocycles. The van der Waals surface area contributed by atoms with E-state index in [0.29, 0.717) is 19.4 Å². The molecule has 26 heavy (non-hydrogen) atoms. The molecule has 2 amide bonds. The highest BCUT2D eigenvalue weighted by molar-refractivity contribution is 5.87. The lowest BCUT2D eigenvalue weighted by Gasteiger charge is -2.19. The Morgan fingerprint density at radius 2 is 1.73 bits per heavy atom. The number of hydrogen-bond acceptors (Lipinski definition) is 3. The number of rotatable bonds is 12. The zero-order valence-corrected chi connectivity index (χ0v) is 16.6. The van der Waals surface area contributed by atoms with Crippen molar-refractivity contribution in [1.29, 1.82) is 0 Å². The number of carbonyl (C=O) groups is 2. The van der Waals surface area contributed by atoms with Gasteiger partial charge in [-0.2, -0.15) is 0 Å². The molecule has 0 aliphatic heterocycles. The Bertz CT molecular complexity index is 541. The van der Waals surface area contributed by atoms with E-state index >= 15 is 0 Å². The molecule has 1 atom stereocenters. The minimum absolute atomic E-state index is 0.0824. The lowest BCUT2D eigenvalue weighted by atomic mass is 10.0. The molecule has 0 heterocycles. The van der Waals surface area contributed by atoms with E-state index in [9.17, 15) is 9.59 Å². The molecule has 0 bridgehead atoms. The van der Waals surface area contributed by atoms with Gasteiger partial charge in [-0.15, -0.1) is 0 Å². The third-order valence-corrected chi connectivity index (χ3v) is 3.94. The molecule has 2 N–H and O–H groups in total.